The molecule has 0 aliphatic rings. The van der Waals surface area contributed by atoms with Crippen LogP contribution < -0.4 is 0 Å². The van der Waals surface area contributed by atoms with Gasteiger partial charge < -0.3 is 10.0 Å². The summed E-state index contributed by atoms with van der Waals surface area (Å²) in [5, 5.41) is 10.4. The molecule has 1 rings (SSSR count). The minimum Gasteiger partial charge on any atom is -0.478 e. The van der Waals surface area contributed by atoms with Gasteiger partial charge in [-0.1, -0.05) is 13.3 Å². The number of carbonyl (C=O) groups is 2. The Balaban J connectivity index is 2.88. The number of nitrogens with zero attached hydrogens (tertiary/aromatic N) is 1. The van der Waals surface area contributed by atoms with E-state index in [0.29, 0.717) is 10.4 Å². The number of aliphatic carboxylic acids is 1. The van der Waals surface area contributed by atoms with Crippen LogP contribution >= 0.6 is 11.3 Å². The van der Waals surface area contributed by atoms with Gasteiger partial charge in [0.15, 0.2) is 0 Å². The van der Waals surface area contributed by atoms with Crippen LogP contribution in [0, 0.1) is 0 Å². The Kier molecular flexibility index (Phi) is 5.76. The molecule has 0 fully saturated rings. The smallest absolute Gasteiger partial charge is 0.328 e. The van der Waals surface area contributed by atoms with Crippen molar-refractivity contribution in [2.75, 3.05) is 7.05 Å². The molecule has 0 spiro atoms. The van der Waals surface area contributed by atoms with Crippen molar-refractivity contribution < 1.29 is 14.7 Å². The standard InChI is InChI=1S/C14H19NO3S/c1-4-5-10(2)15(3)14(18)13-11(8-9-19-13)6-7-12(16)17/h6-10H,4-5H2,1-3H3,(H,16,17)/b7-6+. The lowest BCUT2D eigenvalue weighted by atomic mass is 10.1. The molecule has 19 heavy (non-hydrogen) atoms. The largest absolute Gasteiger partial charge is 0.478 e. The van der Waals surface area contributed by atoms with Crippen LogP contribution in [0.4, 0.5) is 0 Å². The van der Waals surface area contributed by atoms with Gasteiger partial charge in [-0.25, -0.2) is 4.79 Å². The summed E-state index contributed by atoms with van der Waals surface area (Å²) in [5.41, 5.74) is 0.660. The normalized spacial score (nSPS) is 12.6. The van der Waals surface area contributed by atoms with Crippen LogP contribution in [0.1, 0.15) is 41.9 Å². The highest BCUT2D eigenvalue weighted by atomic mass is 32.1. The predicted molar refractivity (Wildman–Crippen MR) is 77.5 cm³/mol. The van der Waals surface area contributed by atoms with Crippen molar-refractivity contribution in [2.45, 2.75) is 32.7 Å². The molecule has 1 N–H and O–H groups in total. The maximum Gasteiger partial charge on any atom is 0.328 e. The molecule has 0 saturated heterocycles. The summed E-state index contributed by atoms with van der Waals surface area (Å²) in [6.07, 6.45) is 4.49. The molecule has 1 amide bonds. The van der Waals surface area contributed by atoms with Gasteiger partial charge in [0.25, 0.3) is 5.91 Å². The van der Waals surface area contributed by atoms with Gasteiger partial charge in [-0.2, -0.15) is 0 Å². The molecule has 0 saturated carbocycles. The zero-order chi connectivity index (χ0) is 14.4. The molecular formula is C14H19NO3S. The van der Waals surface area contributed by atoms with E-state index < -0.39 is 5.97 Å². The lowest BCUT2D eigenvalue weighted by Crippen LogP contribution is -2.34. The van der Waals surface area contributed by atoms with Gasteiger partial charge in [0, 0.05) is 19.2 Å². The van der Waals surface area contributed by atoms with Gasteiger partial charge in [-0.05, 0) is 36.4 Å². The Hall–Kier alpha value is -1.62. The number of carbonyl (C=O) groups excluding carboxylic acids is 1. The highest BCUT2D eigenvalue weighted by molar-refractivity contribution is 7.12. The Morgan fingerprint density at radius 2 is 2.21 bits per heavy atom. The third kappa shape index (κ3) is 4.21. The van der Waals surface area contributed by atoms with Crippen LogP contribution in [-0.4, -0.2) is 35.0 Å². The van der Waals surface area contributed by atoms with Crippen molar-refractivity contribution in [3.63, 3.8) is 0 Å². The monoisotopic (exact) mass is 281 g/mol. The maximum absolute atomic E-state index is 12.3. The first-order valence-corrected chi connectivity index (χ1v) is 7.11. The van der Waals surface area contributed by atoms with Crippen molar-refractivity contribution in [1.82, 2.24) is 4.90 Å². The van der Waals surface area contributed by atoms with Crippen molar-refractivity contribution in [1.29, 1.82) is 0 Å². The van der Waals surface area contributed by atoms with Gasteiger partial charge in [0.1, 0.15) is 0 Å². The van der Waals surface area contributed by atoms with E-state index in [1.807, 2.05) is 6.92 Å². The minimum absolute atomic E-state index is 0.0546. The number of carboxylic acids is 1. The Morgan fingerprint density at radius 3 is 2.79 bits per heavy atom. The summed E-state index contributed by atoms with van der Waals surface area (Å²) in [7, 11) is 1.78. The number of rotatable bonds is 6. The van der Waals surface area contributed by atoms with E-state index in [-0.39, 0.29) is 11.9 Å². The lowest BCUT2D eigenvalue weighted by molar-refractivity contribution is -0.131. The molecule has 104 valence electrons. The zero-order valence-electron chi connectivity index (χ0n) is 11.4. The van der Waals surface area contributed by atoms with Crippen molar-refractivity contribution >= 4 is 29.3 Å². The Labute approximate surface area is 117 Å². The third-order valence-electron chi connectivity index (χ3n) is 2.98. The van der Waals surface area contributed by atoms with Crippen LogP contribution in [0.5, 0.6) is 0 Å². The van der Waals surface area contributed by atoms with Crippen molar-refractivity contribution in [2.24, 2.45) is 0 Å². The van der Waals surface area contributed by atoms with E-state index in [4.69, 9.17) is 5.11 Å². The van der Waals surface area contributed by atoms with E-state index in [9.17, 15) is 9.59 Å². The van der Waals surface area contributed by atoms with Crippen LogP contribution in [0.25, 0.3) is 6.08 Å². The maximum atomic E-state index is 12.3. The lowest BCUT2D eigenvalue weighted by Gasteiger charge is -2.24. The fourth-order valence-electron chi connectivity index (χ4n) is 1.76. The summed E-state index contributed by atoms with van der Waals surface area (Å²) in [6, 6.07) is 1.94. The second kappa shape index (κ2) is 7.09. The van der Waals surface area contributed by atoms with Gasteiger partial charge in [-0.15, -0.1) is 11.3 Å². The third-order valence-corrected chi connectivity index (χ3v) is 3.90. The molecule has 0 bridgehead atoms. The first kappa shape index (κ1) is 15.4. The second-order valence-corrected chi connectivity index (χ2v) is 5.35. The number of hydrogen-bond acceptors (Lipinski definition) is 3. The van der Waals surface area contributed by atoms with E-state index >= 15 is 0 Å². The van der Waals surface area contributed by atoms with Crippen LogP contribution in [0.15, 0.2) is 17.5 Å². The number of thiophene rings is 1. The quantitative estimate of drug-likeness (QED) is 0.815. The van der Waals surface area contributed by atoms with Gasteiger partial charge in [-0.3, -0.25) is 4.79 Å². The Morgan fingerprint density at radius 1 is 1.53 bits per heavy atom. The summed E-state index contributed by atoms with van der Waals surface area (Å²) in [5.74, 6) is -1.07. The van der Waals surface area contributed by atoms with E-state index in [2.05, 4.69) is 6.92 Å². The molecular weight excluding hydrogens is 262 g/mol. The highest BCUT2D eigenvalue weighted by Crippen LogP contribution is 2.21. The molecule has 1 aromatic rings. The van der Waals surface area contributed by atoms with E-state index in [1.54, 1.807) is 23.4 Å². The van der Waals surface area contributed by atoms with Gasteiger partial charge in [0.2, 0.25) is 0 Å². The summed E-state index contributed by atoms with van der Waals surface area (Å²) in [6.45, 7) is 4.10. The second-order valence-electron chi connectivity index (χ2n) is 4.43. The first-order valence-electron chi connectivity index (χ1n) is 6.23. The predicted octanol–water partition coefficient (Wildman–Crippen LogP) is 3.11. The van der Waals surface area contributed by atoms with E-state index in [1.165, 1.54) is 17.4 Å². The number of carboxylic acid groups (broad SMARTS) is 1. The molecule has 1 unspecified atom stereocenters. The molecule has 0 aliphatic carbocycles. The van der Waals surface area contributed by atoms with Crippen LogP contribution in [0.3, 0.4) is 0 Å². The molecule has 1 atom stereocenters. The molecule has 0 aromatic carbocycles. The SMILES string of the molecule is CCCC(C)N(C)C(=O)c1sccc1/C=C/C(=O)O. The van der Waals surface area contributed by atoms with Gasteiger partial charge >= 0.3 is 5.97 Å². The summed E-state index contributed by atoms with van der Waals surface area (Å²) < 4.78 is 0. The molecule has 5 heteroatoms. The molecule has 4 nitrogen and oxygen atoms in total. The molecule has 1 heterocycles. The topological polar surface area (TPSA) is 57.6 Å². The highest BCUT2D eigenvalue weighted by Gasteiger charge is 2.20. The van der Waals surface area contributed by atoms with Crippen LogP contribution in [-0.2, 0) is 4.79 Å². The summed E-state index contributed by atoms with van der Waals surface area (Å²) >= 11 is 1.34. The van der Waals surface area contributed by atoms with Crippen LogP contribution in [0.2, 0.25) is 0 Å². The number of amides is 1. The first-order chi connectivity index (χ1) is 8.97. The average Bonchev–Trinajstić information content (AvgIpc) is 2.83. The average molecular weight is 281 g/mol. The number of hydrogen-bond donors (Lipinski definition) is 1. The fraction of sp³-hybridized carbons (Fsp3) is 0.429. The molecule has 0 radical (unpaired) electrons. The fourth-order valence-corrected chi connectivity index (χ4v) is 2.62. The minimum atomic E-state index is -1.02. The zero-order valence-corrected chi connectivity index (χ0v) is 12.2. The molecule has 0 aliphatic heterocycles. The van der Waals surface area contributed by atoms with Crippen molar-refractivity contribution in [3.8, 4) is 0 Å². The summed E-state index contributed by atoms with van der Waals surface area (Å²) in [4.78, 5) is 25.2. The Bertz CT molecular complexity index is 479. The molecule has 1 aromatic heterocycles. The van der Waals surface area contributed by atoms with Crippen molar-refractivity contribution in [3.05, 3.63) is 28.0 Å². The van der Waals surface area contributed by atoms with E-state index in [0.717, 1.165) is 18.9 Å². The van der Waals surface area contributed by atoms with Gasteiger partial charge in [0.05, 0.1) is 4.88 Å².